The van der Waals surface area contributed by atoms with Gasteiger partial charge in [0.25, 0.3) is 0 Å². The lowest BCUT2D eigenvalue weighted by Crippen LogP contribution is -2.14. The van der Waals surface area contributed by atoms with Gasteiger partial charge in [-0.3, -0.25) is 0 Å². The van der Waals surface area contributed by atoms with E-state index in [1.807, 2.05) is 0 Å². The standard InChI is InChI=1S/C14H12F3N5/c1-2-7-19-12-11(14(15,16)17)8-20-13(22-12)21-10-5-3-9(18)4-6-10/h1,3-6,8H,7,18H2,(H2,19,20,21,22). The molecule has 0 saturated carbocycles. The fourth-order valence-electron chi connectivity index (χ4n) is 1.61. The third kappa shape index (κ3) is 3.79. The summed E-state index contributed by atoms with van der Waals surface area (Å²) in [6.07, 6.45) is 1.17. The van der Waals surface area contributed by atoms with Crippen molar-refractivity contribution in [1.82, 2.24) is 9.97 Å². The maximum Gasteiger partial charge on any atom is 0.421 e. The van der Waals surface area contributed by atoms with Gasteiger partial charge in [0.1, 0.15) is 11.4 Å². The van der Waals surface area contributed by atoms with Gasteiger partial charge in [-0.2, -0.15) is 18.2 Å². The summed E-state index contributed by atoms with van der Waals surface area (Å²) in [6, 6.07) is 6.60. The Morgan fingerprint density at radius 2 is 1.91 bits per heavy atom. The molecule has 5 nitrogen and oxygen atoms in total. The van der Waals surface area contributed by atoms with Crippen molar-refractivity contribution < 1.29 is 13.2 Å². The molecule has 0 saturated heterocycles. The molecular formula is C14H12F3N5. The molecular weight excluding hydrogens is 295 g/mol. The predicted octanol–water partition coefficient (Wildman–Crippen LogP) is 2.87. The van der Waals surface area contributed by atoms with Crippen LogP contribution in [0.4, 0.5) is 36.3 Å². The first-order valence-corrected chi connectivity index (χ1v) is 6.14. The van der Waals surface area contributed by atoms with Crippen molar-refractivity contribution >= 4 is 23.1 Å². The zero-order valence-electron chi connectivity index (χ0n) is 11.3. The molecule has 22 heavy (non-hydrogen) atoms. The van der Waals surface area contributed by atoms with Gasteiger partial charge >= 0.3 is 6.18 Å². The molecule has 0 aliphatic heterocycles. The first-order valence-electron chi connectivity index (χ1n) is 6.14. The van der Waals surface area contributed by atoms with Crippen molar-refractivity contribution in [1.29, 1.82) is 0 Å². The van der Waals surface area contributed by atoms with Crippen LogP contribution < -0.4 is 16.4 Å². The lowest BCUT2D eigenvalue weighted by molar-refractivity contribution is -0.137. The van der Waals surface area contributed by atoms with Gasteiger partial charge in [0.05, 0.1) is 6.54 Å². The van der Waals surface area contributed by atoms with E-state index >= 15 is 0 Å². The van der Waals surface area contributed by atoms with Crippen molar-refractivity contribution in [3.8, 4) is 12.3 Å². The number of rotatable bonds is 4. The molecule has 0 aliphatic carbocycles. The van der Waals surface area contributed by atoms with Gasteiger partial charge in [0, 0.05) is 17.6 Å². The van der Waals surface area contributed by atoms with Crippen LogP contribution in [0, 0.1) is 12.3 Å². The van der Waals surface area contributed by atoms with Crippen molar-refractivity contribution in [2.45, 2.75) is 6.18 Å². The molecule has 0 bridgehead atoms. The van der Waals surface area contributed by atoms with Gasteiger partial charge in [-0.15, -0.1) is 6.42 Å². The number of nitrogen functional groups attached to an aromatic ring is 1. The Morgan fingerprint density at radius 3 is 2.50 bits per heavy atom. The number of benzene rings is 1. The maximum absolute atomic E-state index is 12.9. The Morgan fingerprint density at radius 1 is 1.23 bits per heavy atom. The second-order valence-corrected chi connectivity index (χ2v) is 4.26. The maximum atomic E-state index is 12.9. The molecule has 0 amide bonds. The highest BCUT2D eigenvalue weighted by molar-refractivity contribution is 5.59. The summed E-state index contributed by atoms with van der Waals surface area (Å²) in [5.74, 6) is 1.83. The van der Waals surface area contributed by atoms with Crippen LogP contribution in [0.15, 0.2) is 30.5 Å². The van der Waals surface area contributed by atoms with Crippen LogP contribution in [-0.4, -0.2) is 16.5 Å². The van der Waals surface area contributed by atoms with E-state index in [1.54, 1.807) is 24.3 Å². The van der Waals surface area contributed by atoms with Gasteiger partial charge in [-0.05, 0) is 24.3 Å². The molecule has 2 aromatic rings. The van der Waals surface area contributed by atoms with Gasteiger partial charge in [0.15, 0.2) is 0 Å². The van der Waals surface area contributed by atoms with Crippen LogP contribution >= 0.6 is 0 Å². The number of terminal acetylenes is 1. The van der Waals surface area contributed by atoms with Crippen LogP contribution in [0.25, 0.3) is 0 Å². The van der Waals surface area contributed by atoms with E-state index in [2.05, 4.69) is 26.5 Å². The quantitative estimate of drug-likeness (QED) is 0.598. The summed E-state index contributed by atoms with van der Waals surface area (Å²) in [6.45, 7) is -0.0819. The topological polar surface area (TPSA) is 75.9 Å². The van der Waals surface area contributed by atoms with E-state index in [9.17, 15) is 13.2 Å². The fourth-order valence-corrected chi connectivity index (χ4v) is 1.61. The number of alkyl halides is 3. The summed E-state index contributed by atoms with van der Waals surface area (Å²) in [5, 5.41) is 5.23. The highest BCUT2D eigenvalue weighted by Gasteiger charge is 2.35. The normalized spacial score (nSPS) is 10.8. The lowest BCUT2D eigenvalue weighted by Gasteiger charge is -2.13. The number of hydrogen-bond donors (Lipinski definition) is 3. The van der Waals surface area contributed by atoms with Crippen molar-refractivity contribution in [2.24, 2.45) is 0 Å². The van der Waals surface area contributed by atoms with E-state index in [4.69, 9.17) is 12.2 Å². The highest BCUT2D eigenvalue weighted by Crippen LogP contribution is 2.34. The van der Waals surface area contributed by atoms with Gasteiger partial charge in [0.2, 0.25) is 5.95 Å². The van der Waals surface area contributed by atoms with E-state index in [1.165, 1.54) is 0 Å². The van der Waals surface area contributed by atoms with Crippen LogP contribution in [0.5, 0.6) is 0 Å². The van der Waals surface area contributed by atoms with E-state index in [0.29, 0.717) is 17.6 Å². The fraction of sp³-hybridized carbons (Fsp3) is 0.143. The first kappa shape index (κ1) is 15.4. The minimum absolute atomic E-state index is 0.0114. The minimum Gasteiger partial charge on any atom is -0.399 e. The summed E-state index contributed by atoms with van der Waals surface area (Å²) < 4.78 is 38.6. The molecule has 4 N–H and O–H groups in total. The zero-order chi connectivity index (χ0) is 16.2. The summed E-state index contributed by atoms with van der Waals surface area (Å²) >= 11 is 0. The summed E-state index contributed by atoms with van der Waals surface area (Å²) in [5.41, 5.74) is 5.73. The third-order valence-corrected chi connectivity index (χ3v) is 2.62. The van der Waals surface area contributed by atoms with Crippen LogP contribution in [0.2, 0.25) is 0 Å². The number of nitrogens with two attached hydrogens (primary N) is 1. The largest absolute Gasteiger partial charge is 0.421 e. The van der Waals surface area contributed by atoms with Crippen LogP contribution in [0.3, 0.4) is 0 Å². The molecule has 2 rings (SSSR count). The minimum atomic E-state index is -4.57. The van der Waals surface area contributed by atoms with Crippen LogP contribution in [-0.2, 0) is 6.18 Å². The number of nitrogens with one attached hydrogen (secondary N) is 2. The second-order valence-electron chi connectivity index (χ2n) is 4.26. The molecule has 114 valence electrons. The smallest absolute Gasteiger partial charge is 0.399 e. The SMILES string of the molecule is C#CCNc1nc(Nc2ccc(N)cc2)ncc1C(F)(F)F. The first-order chi connectivity index (χ1) is 10.4. The Labute approximate surface area is 124 Å². The molecule has 1 heterocycles. The molecule has 1 aromatic heterocycles. The Balaban J connectivity index is 2.29. The van der Waals surface area contributed by atoms with Crippen molar-refractivity contribution in [3.63, 3.8) is 0 Å². The molecule has 0 unspecified atom stereocenters. The average molecular weight is 307 g/mol. The number of nitrogens with zero attached hydrogens (tertiary/aromatic N) is 2. The number of anilines is 4. The predicted molar refractivity (Wildman–Crippen MR) is 78.5 cm³/mol. The molecule has 1 aromatic carbocycles. The number of halogens is 3. The molecule has 0 spiro atoms. The Hall–Kier alpha value is -2.95. The number of hydrogen-bond acceptors (Lipinski definition) is 5. The molecule has 0 aliphatic rings. The zero-order valence-corrected chi connectivity index (χ0v) is 11.3. The highest BCUT2D eigenvalue weighted by atomic mass is 19.4. The lowest BCUT2D eigenvalue weighted by atomic mass is 10.3. The second kappa shape index (κ2) is 6.22. The third-order valence-electron chi connectivity index (χ3n) is 2.62. The Kier molecular flexibility index (Phi) is 4.36. The molecule has 0 radical (unpaired) electrons. The summed E-state index contributed by atoms with van der Waals surface area (Å²) in [4.78, 5) is 7.48. The van der Waals surface area contributed by atoms with Gasteiger partial charge < -0.3 is 16.4 Å². The van der Waals surface area contributed by atoms with E-state index in [-0.39, 0.29) is 18.3 Å². The van der Waals surface area contributed by atoms with Crippen molar-refractivity contribution in [2.75, 3.05) is 22.9 Å². The van der Waals surface area contributed by atoms with Gasteiger partial charge in [-0.1, -0.05) is 5.92 Å². The molecule has 8 heteroatoms. The number of aromatic nitrogens is 2. The van der Waals surface area contributed by atoms with Crippen LogP contribution in [0.1, 0.15) is 5.56 Å². The summed E-state index contributed by atoms with van der Waals surface area (Å²) in [7, 11) is 0. The average Bonchev–Trinajstić information content (AvgIpc) is 2.46. The van der Waals surface area contributed by atoms with E-state index in [0.717, 1.165) is 0 Å². The molecule has 0 atom stereocenters. The monoisotopic (exact) mass is 307 g/mol. The van der Waals surface area contributed by atoms with Crippen molar-refractivity contribution in [3.05, 3.63) is 36.0 Å². The van der Waals surface area contributed by atoms with E-state index < -0.39 is 11.7 Å². The van der Waals surface area contributed by atoms with Gasteiger partial charge in [-0.25, -0.2) is 4.98 Å². The Bertz CT molecular complexity index is 689. The molecule has 0 fully saturated rings.